The van der Waals surface area contributed by atoms with E-state index in [4.69, 9.17) is 4.74 Å². The van der Waals surface area contributed by atoms with Gasteiger partial charge in [-0.05, 0) is 30.7 Å². The van der Waals surface area contributed by atoms with Crippen LogP contribution < -0.4 is 5.32 Å². The number of aromatic nitrogens is 3. The number of hydrogen-bond donors (Lipinski definition) is 1. The second-order valence-electron chi connectivity index (χ2n) is 5.99. The first-order valence-corrected chi connectivity index (χ1v) is 8.43. The zero-order chi connectivity index (χ0) is 17.5. The molecule has 0 aliphatic carbocycles. The van der Waals surface area contributed by atoms with E-state index in [2.05, 4.69) is 20.5 Å². The van der Waals surface area contributed by atoms with Crippen LogP contribution in [0.5, 0.6) is 0 Å². The van der Waals surface area contributed by atoms with Crippen LogP contribution in [0, 0.1) is 5.82 Å². The van der Waals surface area contributed by atoms with Gasteiger partial charge in [0, 0.05) is 19.6 Å². The molecule has 0 saturated carbocycles. The number of hydrogen-bond acceptors (Lipinski definition) is 5. The van der Waals surface area contributed by atoms with Gasteiger partial charge in [-0.3, -0.25) is 9.69 Å². The fraction of sp³-hybridized carbons (Fsp3) is 0.471. The molecule has 1 N–H and O–H groups in total. The summed E-state index contributed by atoms with van der Waals surface area (Å²) in [5, 5.41) is 10.7. The van der Waals surface area contributed by atoms with E-state index < -0.39 is 0 Å². The Bertz CT molecular complexity index is 700. The molecular weight excluding hydrogens is 325 g/mol. The van der Waals surface area contributed by atoms with E-state index in [9.17, 15) is 9.18 Å². The molecule has 3 rings (SSSR count). The summed E-state index contributed by atoms with van der Waals surface area (Å²) in [6.07, 6.45) is 2.45. The number of carbonyl (C=O) groups excluding carboxylic acids is 1. The summed E-state index contributed by atoms with van der Waals surface area (Å²) < 4.78 is 20.0. The van der Waals surface area contributed by atoms with Gasteiger partial charge >= 0.3 is 0 Å². The lowest BCUT2D eigenvalue weighted by molar-refractivity contribution is 0.0374. The number of nitrogens with one attached hydrogen (secondary N) is 1. The number of morpholine rings is 1. The van der Waals surface area contributed by atoms with Crippen LogP contribution in [0.2, 0.25) is 0 Å². The second-order valence-corrected chi connectivity index (χ2v) is 5.99. The van der Waals surface area contributed by atoms with E-state index in [0.29, 0.717) is 13.1 Å². The molecule has 2 aromatic rings. The van der Waals surface area contributed by atoms with Crippen molar-refractivity contribution in [2.45, 2.75) is 13.0 Å². The van der Waals surface area contributed by atoms with Crippen LogP contribution in [0.25, 0.3) is 0 Å². The molecule has 1 aliphatic rings. The fourth-order valence-corrected chi connectivity index (χ4v) is 2.72. The van der Waals surface area contributed by atoms with Crippen LogP contribution in [0.1, 0.15) is 22.5 Å². The molecule has 25 heavy (non-hydrogen) atoms. The Kier molecular flexibility index (Phi) is 6.08. The van der Waals surface area contributed by atoms with Gasteiger partial charge in [0.05, 0.1) is 26.0 Å². The zero-order valence-electron chi connectivity index (χ0n) is 14.0. The van der Waals surface area contributed by atoms with Crippen molar-refractivity contribution in [1.82, 2.24) is 25.2 Å². The second kappa shape index (κ2) is 8.68. The monoisotopic (exact) mass is 347 g/mol. The van der Waals surface area contributed by atoms with Crippen molar-refractivity contribution < 1.29 is 13.9 Å². The smallest absolute Gasteiger partial charge is 0.273 e. The SMILES string of the molecule is O=C(NCCCN1CCOCC1)c1cn(Cc2cccc(F)c2)nn1. The van der Waals surface area contributed by atoms with E-state index in [-0.39, 0.29) is 17.4 Å². The highest BCUT2D eigenvalue weighted by Crippen LogP contribution is 2.06. The van der Waals surface area contributed by atoms with Crippen molar-refractivity contribution in [2.24, 2.45) is 0 Å². The molecule has 1 aromatic carbocycles. The van der Waals surface area contributed by atoms with Crippen LogP contribution in [-0.2, 0) is 11.3 Å². The van der Waals surface area contributed by atoms with Gasteiger partial charge < -0.3 is 10.1 Å². The van der Waals surface area contributed by atoms with Crippen molar-refractivity contribution in [3.8, 4) is 0 Å². The Balaban J connectivity index is 1.42. The number of amides is 1. The molecule has 2 heterocycles. The van der Waals surface area contributed by atoms with E-state index in [0.717, 1.165) is 44.8 Å². The normalized spacial score (nSPS) is 15.2. The third-order valence-electron chi connectivity index (χ3n) is 4.05. The molecule has 1 fully saturated rings. The van der Waals surface area contributed by atoms with Crippen LogP contribution in [-0.4, -0.2) is 65.2 Å². The average Bonchev–Trinajstić information content (AvgIpc) is 3.08. The molecule has 8 heteroatoms. The molecule has 0 unspecified atom stereocenters. The van der Waals surface area contributed by atoms with Gasteiger partial charge in [-0.25, -0.2) is 9.07 Å². The number of ether oxygens (including phenoxy) is 1. The standard InChI is InChI=1S/C17H22FN5O2/c18-15-4-1-3-14(11-15)12-23-13-16(20-21-23)17(24)19-5-2-6-22-7-9-25-10-8-22/h1,3-4,11,13H,2,5-10,12H2,(H,19,24). The predicted molar refractivity (Wildman–Crippen MR) is 89.7 cm³/mol. The Morgan fingerprint density at radius 2 is 2.16 bits per heavy atom. The van der Waals surface area contributed by atoms with Crippen molar-refractivity contribution in [1.29, 1.82) is 0 Å². The first-order valence-electron chi connectivity index (χ1n) is 8.43. The Morgan fingerprint density at radius 3 is 2.96 bits per heavy atom. The number of nitrogens with zero attached hydrogens (tertiary/aromatic N) is 4. The molecule has 0 atom stereocenters. The Labute approximate surface area is 145 Å². The van der Waals surface area contributed by atoms with E-state index in [1.807, 2.05) is 0 Å². The van der Waals surface area contributed by atoms with Gasteiger partial charge in [0.25, 0.3) is 5.91 Å². The van der Waals surface area contributed by atoms with Crippen LogP contribution in [0.3, 0.4) is 0 Å². The van der Waals surface area contributed by atoms with Crippen LogP contribution in [0.15, 0.2) is 30.5 Å². The lowest BCUT2D eigenvalue weighted by Gasteiger charge is -2.26. The van der Waals surface area contributed by atoms with E-state index in [1.54, 1.807) is 18.3 Å². The predicted octanol–water partition coefficient (Wildman–Crippen LogP) is 0.918. The van der Waals surface area contributed by atoms with Gasteiger partial charge in [-0.15, -0.1) is 5.10 Å². The van der Waals surface area contributed by atoms with Gasteiger partial charge in [0.15, 0.2) is 5.69 Å². The number of rotatable bonds is 7. The maximum absolute atomic E-state index is 13.2. The molecule has 1 aromatic heterocycles. The average molecular weight is 347 g/mol. The number of carbonyl (C=O) groups is 1. The minimum absolute atomic E-state index is 0.243. The van der Waals surface area contributed by atoms with Crippen molar-refractivity contribution >= 4 is 5.91 Å². The maximum atomic E-state index is 13.2. The number of halogens is 1. The van der Waals surface area contributed by atoms with Crippen LogP contribution in [0.4, 0.5) is 4.39 Å². The summed E-state index contributed by atoms with van der Waals surface area (Å²) in [6, 6.07) is 6.27. The summed E-state index contributed by atoms with van der Waals surface area (Å²) in [7, 11) is 0. The highest BCUT2D eigenvalue weighted by molar-refractivity contribution is 5.91. The van der Waals surface area contributed by atoms with Crippen molar-refractivity contribution in [2.75, 3.05) is 39.4 Å². The summed E-state index contributed by atoms with van der Waals surface area (Å²) in [4.78, 5) is 14.4. The van der Waals surface area contributed by atoms with Gasteiger partial charge in [0.2, 0.25) is 0 Å². The number of benzene rings is 1. The van der Waals surface area contributed by atoms with E-state index in [1.165, 1.54) is 16.8 Å². The Hall–Kier alpha value is -2.32. The lowest BCUT2D eigenvalue weighted by atomic mass is 10.2. The molecule has 1 aliphatic heterocycles. The fourth-order valence-electron chi connectivity index (χ4n) is 2.72. The molecular formula is C17H22FN5O2. The van der Waals surface area contributed by atoms with E-state index >= 15 is 0 Å². The minimum Gasteiger partial charge on any atom is -0.379 e. The highest BCUT2D eigenvalue weighted by atomic mass is 19.1. The zero-order valence-corrected chi connectivity index (χ0v) is 14.0. The molecule has 134 valence electrons. The quantitative estimate of drug-likeness (QED) is 0.754. The maximum Gasteiger partial charge on any atom is 0.273 e. The highest BCUT2D eigenvalue weighted by Gasteiger charge is 2.12. The first kappa shape index (κ1) is 17.5. The molecule has 0 spiro atoms. The third kappa shape index (κ3) is 5.33. The van der Waals surface area contributed by atoms with Crippen LogP contribution >= 0.6 is 0 Å². The summed E-state index contributed by atoms with van der Waals surface area (Å²) >= 11 is 0. The lowest BCUT2D eigenvalue weighted by Crippen LogP contribution is -2.38. The Morgan fingerprint density at radius 1 is 1.32 bits per heavy atom. The first-order chi connectivity index (χ1) is 12.2. The molecule has 7 nitrogen and oxygen atoms in total. The van der Waals surface area contributed by atoms with Gasteiger partial charge in [-0.2, -0.15) is 0 Å². The van der Waals surface area contributed by atoms with Crippen molar-refractivity contribution in [3.05, 3.63) is 47.5 Å². The van der Waals surface area contributed by atoms with Gasteiger partial charge in [0.1, 0.15) is 5.82 Å². The molecule has 0 bridgehead atoms. The third-order valence-corrected chi connectivity index (χ3v) is 4.05. The minimum atomic E-state index is -0.296. The summed E-state index contributed by atoms with van der Waals surface area (Å²) in [6.45, 7) is 5.35. The molecule has 1 saturated heterocycles. The largest absolute Gasteiger partial charge is 0.379 e. The van der Waals surface area contributed by atoms with Gasteiger partial charge in [-0.1, -0.05) is 17.3 Å². The molecule has 1 amide bonds. The summed E-state index contributed by atoms with van der Waals surface area (Å²) in [5.41, 5.74) is 1.03. The summed E-state index contributed by atoms with van der Waals surface area (Å²) in [5.74, 6) is -0.539. The topological polar surface area (TPSA) is 72.3 Å². The molecule has 0 radical (unpaired) electrons. The van der Waals surface area contributed by atoms with Crippen molar-refractivity contribution in [3.63, 3.8) is 0 Å².